The number of aryl methyl sites for hydroxylation is 1. The second-order valence-electron chi connectivity index (χ2n) is 5.48. The topological polar surface area (TPSA) is 58.3 Å². The summed E-state index contributed by atoms with van der Waals surface area (Å²) in [6.07, 6.45) is 0.714. The molecule has 0 fully saturated rings. The van der Waals surface area contributed by atoms with E-state index in [1.54, 1.807) is 0 Å². The number of aromatic nitrogens is 1. The van der Waals surface area contributed by atoms with Crippen LogP contribution in [0.3, 0.4) is 0 Å². The van der Waals surface area contributed by atoms with E-state index in [1.807, 2.05) is 43.3 Å². The van der Waals surface area contributed by atoms with Crippen molar-refractivity contribution in [3.05, 3.63) is 59.7 Å². The third-order valence-electron chi connectivity index (χ3n) is 3.97. The van der Waals surface area contributed by atoms with Crippen LogP contribution in [-0.4, -0.2) is 23.4 Å². The van der Waals surface area contributed by atoms with Gasteiger partial charge in [0.2, 0.25) is 0 Å². The normalized spacial score (nSPS) is 12.5. The smallest absolute Gasteiger partial charge is 0.177 e. The van der Waals surface area contributed by atoms with Gasteiger partial charge in [-0.05, 0) is 30.5 Å². The quantitative estimate of drug-likeness (QED) is 0.728. The lowest BCUT2D eigenvalue weighted by Gasteiger charge is -2.17. The molecular weight excluding hydrogens is 276 g/mol. The highest BCUT2D eigenvalue weighted by Crippen LogP contribution is 2.27. The molecule has 0 aliphatic heterocycles. The van der Waals surface area contributed by atoms with Crippen molar-refractivity contribution < 1.29 is 9.63 Å². The summed E-state index contributed by atoms with van der Waals surface area (Å²) in [5, 5.41) is 17.8. The summed E-state index contributed by atoms with van der Waals surface area (Å²) in [6.45, 7) is 2.92. The van der Waals surface area contributed by atoms with Gasteiger partial charge in [-0.1, -0.05) is 47.6 Å². The third kappa shape index (κ3) is 2.97. The lowest BCUT2D eigenvalue weighted by molar-refractivity contribution is 0.277. The van der Waals surface area contributed by atoms with Crippen molar-refractivity contribution in [3.63, 3.8) is 0 Å². The summed E-state index contributed by atoms with van der Waals surface area (Å²) in [6, 6.07) is 16.2. The predicted molar refractivity (Wildman–Crippen MR) is 88.1 cm³/mol. The SMILES string of the molecule is Cc1cccc2onc(NCC(CCO)c3ccccc3)c12. The Morgan fingerprint density at radius 3 is 2.73 bits per heavy atom. The molecule has 2 N–H and O–H groups in total. The molecule has 0 aliphatic rings. The summed E-state index contributed by atoms with van der Waals surface area (Å²) in [5.74, 6) is 1.01. The molecule has 0 aliphatic carbocycles. The van der Waals surface area contributed by atoms with Crippen LogP contribution in [-0.2, 0) is 0 Å². The Balaban J connectivity index is 1.79. The Bertz CT molecular complexity index is 737. The number of nitrogens with one attached hydrogen (secondary N) is 1. The van der Waals surface area contributed by atoms with Gasteiger partial charge in [-0.2, -0.15) is 0 Å². The second-order valence-corrected chi connectivity index (χ2v) is 5.48. The molecule has 4 nitrogen and oxygen atoms in total. The Kier molecular flexibility index (Phi) is 4.39. The van der Waals surface area contributed by atoms with Gasteiger partial charge in [-0.3, -0.25) is 0 Å². The molecule has 114 valence electrons. The summed E-state index contributed by atoms with van der Waals surface area (Å²) < 4.78 is 5.37. The highest BCUT2D eigenvalue weighted by molar-refractivity contribution is 5.91. The zero-order valence-corrected chi connectivity index (χ0v) is 12.6. The third-order valence-corrected chi connectivity index (χ3v) is 3.97. The van der Waals surface area contributed by atoms with E-state index < -0.39 is 0 Å². The number of rotatable bonds is 6. The molecule has 1 atom stereocenters. The number of hydrogen-bond donors (Lipinski definition) is 2. The van der Waals surface area contributed by atoms with Crippen LogP contribution in [0.5, 0.6) is 0 Å². The first-order valence-electron chi connectivity index (χ1n) is 7.54. The first-order chi connectivity index (χ1) is 10.8. The highest BCUT2D eigenvalue weighted by Gasteiger charge is 2.14. The number of anilines is 1. The van der Waals surface area contributed by atoms with Gasteiger partial charge >= 0.3 is 0 Å². The summed E-state index contributed by atoms with van der Waals surface area (Å²) >= 11 is 0. The van der Waals surface area contributed by atoms with Gasteiger partial charge in [0.05, 0.1) is 5.39 Å². The second kappa shape index (κ2) is 6.62. The van der Waals surface area contributed by atoms with Crippen molar-refractivity contribution in [3.8, 4) is 0 Å². The van der Waals surface area contributed by atoms with Crippen molar-refractivity contribution in [2.75, 3.05) is 18.5 Å². The minimum atomic E-state index is 0.166. The highest BCUT2D eigenvalue weighted by atomic mass is 16.5. The Hall–Kier alpha value is -2.33. The first-order valence-corrected chi connectivity index (χ1v) is 7.54. The van der Waals surface area contributed by atoms with E-state index in [-0.39, 0.29) is 12.5 Å². The van der Waals surface area contributed by atoms with E-state index in [4.69, 9.17) is 4.52 Å². The average Bonchev–Trinajstić information content (AvgIpc) is 2.97. The van der Waals surface area contributed by atoms with Crippen LogP contribution in [0.2, 0.25) is 0 Å². The maximum atomic E-state index is 9.31. The van der Waals surface area contributed by atoms with Gasteiger partial charge in [-0.15, -0.1) is 0 Å². The van der Waals surface area contributed by atoms with Gasteiger partial charge in [0.15, 0.2) is 11.4 Å². The number of aliphatic hydroxyl groups is 1. The fraction of sp³-hybridized carbons (Fsp3) is 0.278. The number of benzene rings is 2. The van der Waals surface area contributed by atoms with E-state index in [9.17, 15) is 5.11 Å². The van der Waals surface area contributed by atoms with Gasteiger partial charge in [0.25, 0.3) is 0 Å². The van der Waals surface area contributed by atoms with Crippen molar-refractivity contribution >= 4 is 16.8 Å². The van der Waals surface area contributed by atoms with Crippen LogP contribution < -0.4 is 5.32 Å². The Morgan fingerprint density at radius 2 is 1.95 bits per heavy atom. The molecule has 1 aromatic heterocycles. The lowest BCUT2D eigenvalue weighted by Crippen LogP contribution is -2.14. The molecule has 3 rings (SSSR count). The van der Waals surface area contributed by atoms with E-state index in [0.29, 0.717) is 13.0 Å². The lowest BCUT2D eigenvalue weighted by atomic mass is 9.96. The number of aliphatic hydroxyl groups excluding tert-OH is 1. The predicted octanol–water partition coefficient (Wildman–Crippen LogP) is 3.71. The first kappa shape index (κ1) is 14.6. The van der Waals surface area contributed by atoms with Crippen molar-refractivity contribution in [1.29, 1.82) is 0 Å². The van der Waals surface area contributed by atoms with Crippen molar-refractivity contribution in [1.82, 2.24) is 5.16 Å². The number of nitrogens with zero attached hydrogens (tertiary/aromatic N) is 1. The molecule has 3 aromatic rings. The fourth-order valence-electron chi connectivity index (χ4n) is 2.77. The van der Waals surface area contributed by atoms with E-state index in [1.165, 1.54) is 5.56 Å². The molecule has 22 heavy (non-hydrogen) atoms. The zero-order valence-electron chi connectivity index (χ0n) is 12.6. The molecule has 0 bridgehead atoms. The standard InChI is InChI=1S/C18H20N2O2/c1-13-6-5-9-16-17(13)18(20-22-16)19-12-15(10-11-21)14-7-3-2-4-8-14/h2-9,15,21H,10-12H2,1H3,(H,19,20). The van der Waals surface area contributed by atoms with Gasteiger partial charge < -0.3 is 14.9 Å². The Labute approximate surface area is 129 Å². The number of hydrogen-bond acceptors (Lipinski definition) is 4. The van der Waals surface area contributed by atoms with E-state index in [2.05, 4.69) is 22.6 Å². The molecular formula is C18H20N2O2. The monoisotopic (exact) mass is 296 g/mol. The summed E-state index contributed by atoms with van der Waals surface area (Å²) in [5.41, 5.74) is 3.15. The summed E-state index contributed by atoms with van der Waals surface area (Å²) in [4.78, 5) is 0. The van der Waals surface area contributed by atoms with E-state index in [0.717, 1.165) is 22.4 Å². The maximum Gasteiger partial charge on any atom is 0.177 e. The van der Waals surface area contributed by atoms with Crippen LogP contribution in [0, 0.1) is 6.92 Å². The van der Waals surface area contributed by atoms with Crippen molar-refractivity contribution in [2.45, 2.75) is 19.3 Å². The van der Waals surface area contributed by atoms with Crippen LogP contribution in [0.4, 0.5) is 5.82 Å². The molecule has 2 aromatic carbocycles. The van der Waals surface area contributed by atoms with Crippen LogP contribution in [0.1, 0.15) is 23.5 Å². The molecule has 0 saturated heterocycles. The molecule has 1 unspecified atom stereocenters. The average molecular weight is 296 g/mol. The van der Waals surface area contributed by atoms with Crippen LogP contribution in [0.15, 0.2) is 53.1 Å². The molecule has 0 radical (unpaired) electrons. The largest absolute Gasteiger partial charge is 0.396 e. The minimum absolute atomic E-state index is 0.166. The minimum Gasteiger partial charge on any atom is -0.396 e. The van der Waals surface area contributed by atoms with Crippen LogP contribution in [0.25, 0.3) is 11.0 Å². The maximum absolute atomic E-state index is 9.31. The Morgan fingerprint density at radius 1 is 1.14 bits per heavy atom. The molecule has 0 spiro atoms. The molecule has 0 saturated carbocycles. The van der Waals surface area contributed by atoms with Gasteiger partial charge in [-0.25, -0.2) is 0 Å². The zero-order chi connectivity index (χ0) is 15.4. The van der Waals surface area contributed by atoms with Gasteiger partial charge in [0, 0.05) is 19.1 Å². The summed E-state index contributed by atoms with van der Waals surface area (Å²) in [7, 11) is 0. The molecule has 4 heteroatoms. The van der Waals surface area contributed by atoms with Crippen molar-refractivity contribution in [2.24, 2.45) is 0 Å². The molecule has 1 heterocycles. The number of fused-ring (bicyclic) bond motifs is 1. The fourth-order valence-corrected chi connectivity index (χ4v) is 2.77. The molecule has 0 amide bonds. The van der Waals surface area contributed by atoms with E-state index >= 15 is 0 Å². The van der Waals surface area contributed by atoms with Gasteiger partial charge in [0.1, 0.15) is 0 Å². The van der Waals surface area contributed by atoms with Crippen LogP contribution >= 0.6 is 0 Å².